The SMILES string of the molecule is C=C1CCCCCS(=O)(=O)C1.C=C1CCCCCSC1.C=C1CNCCCSC1.C=C1CSCC(=C)CSC1.C=C1CSCC(CO)SC1.C=C1CSCC(O)CSC1.C=C1CSCCCSC1.C=C1CSCCCSC1C.C=C1CSCCOCCSC1.C=C1CSCCSC1.C=C1CSCc2ccccc2CSC1. The third kappa shape index (κ3) is 69.3. The number of aliphatic hydroxyl groups excluding tert-OH is 2. The predicted octanol–water partition coefficient (Wildman–Crippen LogP) is 24.0. The summed E-state index contributed by atoms with van der Waals surface area (Å²) in [5, 5.41) is 22.5. The third-order valence-electron chi connectivity index (χ3n) is 16.1. The number of nitrogens with one attached hydrogen (secondary N) is 1. The number of ether oxygens (including phenoxy) is 1. The number of aliphatic hydroxyl groups is 2. The van der Waals surface area contributed by atoms with Crippen molar-refractivity contribution < 1.29 is 23.4 Å². The summed E-state index contributed by atoms with van der Waals surface area (Å²) >= 11 is 35.1. The molecule has 0 radical (unpaired) electrons. The van der Waals surface area contributed by atoms with Gasteiger partial charge in [-0.1, -0.05) is 183 Å². The first-order valence-electron chi connectivity index (χ1n) is 39.0. The summed E-state index contributed by atoms with van der Waals surface area (Å²) in [6, 6.07) is 8.77. The van der Waals surface area contributed by atoms with Gasteiger partial charge < -0.3 is 20.3 Å². The van der Waals surface area contributed by atoms with Crippen molar-refractivity contribution >= 4 is 222 Å². The molecule has 0 spiro atoms. The number of thioether (sulfide) groups is 18. The highest BCUT2D eigenvalue weighted by Gasteiger charge is 2.17. The number of fused-ring (bicyclic) bond motifs is 1. The highest BCUT2D eigenvalue weighted by molar-refractivity contribution is 8.05. The van der Waals surface area contributed by atoms with Gasteiger partial charge in [-0.25, -0.2) is 8.42 Å². The average Bonchev–Trinajstić information content (AvgIpc) is 1.85. The Morgan fingerprint density at radius 1 is 0.378 bits per heavy atom. The molecule has 1 aromatic rings. The molecule has 0 aromatic heterocycles. The molecule has 25 heteroatoms. The van der Waals surface area contributed by atoms with Gasteiger partial charge in [0.1, 0.15) is 0 Å². The number of benzene rings is 1. The van der Waals surface area contributed by atoms with Crippen molar-refractivity contribution in [3.63, 3.8) is 0 Å². The molecule has 10 saturated heterocycles. The van der Waals surface area contributed by atoms with E-state index >= 15 is 0 Å². The number of hydrogen-bond donors (Lipinski definition) is 3. The second-order valence-electron chi connectivity index (χ2n) is 28.0. The van der Waals surface area contributed by atoms with E-state index in [2.05, 4.69) is 115 Å². The van der Waals surface area contributed by atoms with Crippen LogP contribution < -0.4 is 5.32 Å². The Balaban J connectivity index is 0.000000416. The smallest absolute Gasteiger partial charge is 0.154 e. The first kappa shape index (κ1) is 109. The van der Waals surface area contributed by atoms with Crippen molar-refractivity contribution in [3.05, 3.63) is 181 Å². The molecular weight excluding hydrogens is 1740 g/mol. The number of hydrogen-bond acceptors (Lipinski definition) is 24. The molecule has 1 aromatic carbocycles. The minimum Gasteiger partial charge on any atom is -0.395 e. The maximum absolute atomic E-state index is 11.2. The minimum atomic E-state index is -2.79. The summed E-state index contributed by atoms with van der Waals surface area (Å²) in [5.41, 5.74) is 18.9. The second-order valence-corrected chi connectivity index (χ2v) is 49.9. The molecule has 11 aliphatic rings. The van der Waals surface area contributed by atoms with Crippen molar-refractivity contribution in [1.82, 2.24) is 5.32 Å². The monoisotopic (exact) mass is 1880 g/mol. The molecule has 11 heterocycles. The first-order chi connectivity index (χ1) is 53.6. The van der Waals surface area contributed by atoms with E-state index in [1.54, 1.807) is 23.5 Å². The summed E-state index contributed by atoms with van der Waals surface area (Å²) in [6.07, 6.45) is 13.3. The standard InChI is InChI=1S/C12H14S2.C8H14O2S.C8H14OS2.C8H12S2.C8H14S2.C8H14S.C7H13NS.2C7H12OS2.C7H12S2.C6H10S2/c1-10-6-13-8-11-4-2-3-5-12(11)9-14-7-10;1-8-5-3-2-4-6-11(9,10)7-8;1-8-6-10-4-2-9-3-5-11-7-8;1-7-3-9-5-8(2)6-10-4-7;1-7-6-9-4-3-5-10-8(7)2;1-8-5-3-2-4-6-9-7-8;1-7-5-8-3-2-4-9-6-7;1-6-3-9-5-7(2-8)10-4-6;1-6-2-9-4-7(8)5-10-3-6;1-7-5-8-3-2-4-9-6-7;1-6-4-7-2-3-8-5-6/h2-5H,1,6-9H2;2*1-7H2;1-6H2;8H,1,3-6H2,2H3;1-7H2;8H,1-6H2;2*7-8H,1-5H2;1-6H2;1-5H2. The quantitative estimate of drug-likeness (QED) is 0.233. The fourth-order valence-corrected chi connectivity index (χ4v) is 30.2. The fourth-order valence-electron chi connectivity index (χ4n) is 10.00. The third-order valence-corrected chi connectivity index (χ3v) is 39.7. The fraction of sp³-hybridized carbons (Fsp3) is 0.651. The van der Waals surface area contributed by atoms with Gasteiger partial charge in [0.25, 0.3) is 0 Å². The van der Waals surface area contributed by atoms with E-state index in [9.17, 15) is 13.5 Å². The Labute approximate surface area is 756 Å². The molecule has 2 unspecified atom stereocenters. The zero-order valence-corrected chi connectivity index (χ0v) is 83.2. The van der Waals surface area contributed by atoms with Crippen molar-refractivity contribution in [3.8, 4) is 0 Å². The molecule has 0 bridgehead atoms. The maximum atomic E-state index is 11.2. The van der Waals surface area contributed by atoms with Gasteiger partial charge >= 0.3 is 0 Å². The molecule has 634 valence electrons. The van der Waals surface area contributed by atoms with E-state index in [0.29, 0.717) is 22.9 Å². The molecular formula is C86H141NO5S19. The van der Waals surface area contributed by atoms with E-state index < -0.39 is 9.84 Å². The Kier molecular flexibility index (Phi) is 74.7. The van der Waals surface area contributed by atoms with Crippen LogP contribution in [-0.4, -0.2) is 264 Å². The maximum Gasteiger partial charge on any atom is 0.154 e. The molecule has 6 nitrogen and oxygen atoms in total. The van der Waals surface area contributed by atoms with Crippen molar-refractivity contribution in [2.45, 2.75) is 106 Å². The van der Waals surface area contributed by atoms with E-state index in [0.717, 1.165) is 173 Å². The van der Waals surface area contributed by atoms with Gasteiger partial charge in [-0.3, -0.25) is 0 Å². The number of rotatable bonds is 1. The van der Waals surface area contributed by atoms with Crippen LogP contribution in [0.2, 0.25) is 0 Å². The molecule has 12 rings (SSSR count). The molecule has 2 atom stereocenters. The van der Waals surface area contributed by atoms with Gasteiger partial charge in [-0.15, -0.1) is 0 Å². The Morgan fingerprint density at radius 2 is 0.757 bits per heavy atom. The molecule has 111 heavy (non-hydrogen) atoms. The average molecular weight is 1880 g/mol. The van der Waals surface area contributed by atoms with E-state index in [-0.39, 0.29) is 11.9 Å². The Hall–Kier alpha value is 2.19. The van der Waals surface area contributed by atoms with E-state index in [4.69, 9.17) is 9.84 Å². The molecule has 11 aliphatic heterocycles. The molecule has 10 fully saturated rings. The van der Waals surface area contributed by atoms with Crippen LogP contribution in [0, 0.1) is 0 Å². The van der Waals surface area contributed by atoms with Crippen molar-refractivity contribution in [1.29, 1.82) is 0 Å². The van der Waals surface area contributed by atoms with Crippen LogP contribution in [0.5, 0.6) is 0 Å². The summed E-state index contributed by atoms with van der Waals surface area (Å²) < 4.78 is 27.7. The Bertz CT molecular complexity index is 2700. The zero-order valence-electron chi connectivity index (χ0n) is 67.7. The summed E-state index contributed by atoms with van der Waals surface area (Å²) in [7, 11) is -2.79. The predicted molar refractivity (Wildman–Crippen MR) is 555 cm³/mol. The van der Waals surface area contributed by atoms with Gasteiger partial charge in [-0.2, -0.15) is 212 Å². The number of sulfone groups is 1. The summed E-state index contributed by atoms with van der Waals surface area (Å²) in [5.74, 6) is 39.7. The Morgan fingerprint density at radius 3 is 1.26 bits per heavy atom. The van der Waals surface area contributed by atoms with Crippen LogP contribution in [0.15, 0.2) is 170 Å². The topological polar surface area (TPSA) is 95.9 Å². The van der Waals surface area contributed by atoms with Gasteiger partial charge in [0.15, 0.2) is 9.84 Å². The lowest BCUT2D eigenvalue weighted by molar-refractivity contribution is 0.167. The molecule has 0 saturated carbocycles. The summed E-state index contributed by atoms with van der Waals surface area (Å²) in [6.45, 7) is 54.0. The highest BCUT2D eigenvalue weighted by Crippen LogP contribution is 2.30. The highest BCUT2D eigenvalue weighted by atomic mass is 32.2. The van der Waals surface area contributed by atoms with Crippen molar-refractivity contribution in [2.75, 3.05) is 229 Å². The second kappa shape index (κ2) is 75.9. The molecule has 0 amide bonds. The first-order valence-corrected chi connectivity index (χ1v) is 61.4. The lowest BCUT2D eigenvalue weighted by Gasteiger charge is -2.17. The van der Waals surface area contributed by atoms with Gasteiger partial charge in [0.05, 0.1) is 37.4 Å². The minimum absolute atomic E-state index is 0.108. The van der Waals surface area contributed by atoms with Crippen LogP contribution in [0.1, 0.15) is 88.7 Å². The molecule has 3 N–H and O–H groups in total. The lowest BCUT2D eigenvalue weighted by Crippen LogP contribution is -2.21. The zero-order chi connectivity index (χ0) is 81.1. The van der Waals surface area contributed by atoms with Gasteiger partial charge in [0.2, 0.25) is 0 Å². The van der Waals surface area contributed by atoms with Crippen LogP contribution >= 0.6 is 212 Å². The largest absolute Gasteiger partial charge is 0.395 e. The van der Waals surface area contributed by atoms with Gasteiger partial charge in [0, 0.05) is 178 Å². The lowest BCUT2D eigenvalue weighted by atomic mass is 10.1. The van der Waals surface area contributed by atoms with Gasteiger partial charge in [-0.05, 0) is 117 Å². The van der Waals surface area contributed by atoms with Crippen LogP contribution in [0.25, 0.3) is 0 Å². The summed E-state index contributed by atoms with van der Waals surface area (Å²) in [4.78, 5) is 0. The normalized spacial score (nSPS) is 23.6. The van der Waals surface area contributed by atoms with E-state index in [1.807, 2.05) is 188 Å². The van der Waals surface area contributed by atoms with Crippen molar-refractivity contribution in [2.24, 2.45) is 0 Å². The van der Waals surface area contributed by atoms with Crippen LogP contribution in [0.4, 0.5) is 0 Å². The van der Waals surface area contributed by atoms with Crippen LogP contribution in [-0.2, 0) is 26.1 Å². The van der Waals surface area contributed by atoms with E-state index in [1.165, 1.54) is 198 Å². The molecule has 0 aliphatic carbocycles. The van der Waals surface area contributed by atoms with Crippen LogP contribution in [0.3, 0.4) is 0 Å².